The Kier molecular flexibility index (Phi) is 7.76. The molecule has 0 spiro atoms. The number of morpholine rings is 1. The lowest BCUT2D eigenvalue weighted by molar-refractivity contribution is -0.141. The Balaban J connectivity index is 1.34. The highest BCUT2D eigenvalue weighted by atomic mass is 35.5. The maximum absolute atomic E-state index is 15.4. The minimum absolute atomic E-state index is 0.0782. The van der Waals surface area contributed by atoms with Crippen LogP contribution in [0.5, 0.6) is 0 Å². The fourth-order valence-corrected chi connectivity index (χ4v) is 5.21. The number of aryl methyl sites for hydroxylation is 1. The molecule has 1 saturated heterocycles. The molecular weight excluding hydrogens is 596 g/mol. The second-order valence-corrected chi connectivity index (χ2v) is 10.3. The quantitative estimate of drug-likeness (QED) is 0.307. The fraction of sp³-hybridized carbons (Fsp3) is 0.308. The van der Waals surface area contributed by atoms with E-state index in [0.717, 1.165) is 4.68 Å². The van der Waals surface area contributed by atoms with E-state index in [1.807, 2.05) is 0 Å². The number of alkyl halides is 3. The molecule has 3 atom stereocenters. The third-order valence-electron chi connectivity index (χ3n) is 7.14. The van der Waals surface area contributed by atoms with Crippen molar-refractivity contribution in [2.24, 2.45) is 7.05 Å². The molecule has 225 valence electrons. The molecule has 12 nitrogen and oxygen atoms in total. The van der Waals surface area contributed by atoms with Crippen LogP contribution in [0.15, 0.2) is 55.4 Å². The number of nitrogens with zero attached hydrogens (tertiary/aromatic N) is 9. The molecule has 3 unspecified atom stereocenters. The standard InChI is InChI=1S/C26H23ClF4N10O2/c1-38-25(33-14-35-38)16-9-34-39(11-16)21(8-17-10-32-6-7-43-17)19-4-2-15(12-41(19)42)23-20(5-3-18(27)24(23)28)40-13-22(36-37-40)26(29,30)31/h2-6,9,11-14,17,19,21,32H,7-8,10H2,1H3/q-1. The van der Waals surface area contributed by atoms with E-state index in [-0.39, 0.29) is 28.0 Å². The number of hydrogen-bond donors (Lipinski definition) is 1. The number of hydroxylamine groups is 2. The number of ether oxygens (including phenoxy) is 1. The van der Waals surface area contributed by atoms with Crippen molar-refractivity contribution in [2.45, 2.75) is 30.8 Å². The molecule has 17 heteroatoms. The van der Waals surface area contributed by atoms with Gasteiger partial charge < -0.3 is 20.3 Å². The second kappa shape index (κ2) is 11.5. The van der Waals surface area contributed by atoms with Gasteiger partial charge in [0.25, 0.3) is 0 Å². The van der Waals surface area contributed by atoms with Gasteiger partial charge in [0, 0.05) is 37.5 Å². The van der Waals surface area contributed by atoms with E-state index in [2.05, 4.69) is 30.8 Å². The average Bonchev–Trinajstić information content (AvgIpc) is 3.75. The van der Waals surface area contributed by atoms with Crippen LogP contribution in [0.3, 0.4) is 0 Å². The van der Waals surface area contributed by atoms with Gasteiger partial charge in [-0.25, -0.2) is 18.7 Å². The number of benzene rings is 1. The van der Waals surface area contributed by atoms with Crippen molar-refractivity contribution in [1.29, 1.82) is 0 Å². The van der Waals surface area contributed by atoms with Crippen LogP contribution in [-0.2, 0) is 18.0 Å². The third kappa shape index (κ3) is 5.78. The summed E-state index contributed by atoms with van der Waals surface area (Å²) in [7, 11) is 1.75. The minimum atomic E-state index is -4.75. The Morgan fingerprint density at radius 1 is 1.23 bits per heavy atom. The van der Waals surface area contributed by atoms with Gasteiger partial charge in [0.1, 0.15) is 6.33 Å². The molecule has 0 saturated carbocycles. The molecule has 1 N–H and O–H groups in total. The molecule has 5 heterocycles. The lowest BCUT2D eigenvalue weighted by Gasteiger charge is -2.43. The first-order chi connectivity index (χ1) is 20.6. The number of hydrogen-bond acceptors (Lipinski definition) is 9. The largest absolute Gasteiger partial charge is 0.758 e. The number of allylic oxidation sites excluding steroid dienone is 2. The van der Waals surface area contributed by atoms with Crippen LogP contribution in [0.4, 0.5) is 17.6 Å². The van der Waals surface area contributed by atoms with E-state index in [1.54, 1.807) is 41.4 Å². The topological polar surface area (TPSA) is 127 Å². The summed E-state index contributed by atoms with van der Waals surface area (Å²) in [6.45, 7) is 2.71. The highest BCUT2D eigenvalue weighted by Crippen LogP contribution is 2.37. The molecule has 0 bridgehead atoms. The highest BCUT2D eigenvalue weighted by molar-refractivity contribution is 6.31. The Hall–Kier alpha value is -4.12. The lowest BCUT2D eigenvalue weighted by Crippen LogP contribution is -2.42. The van der Waals surface area contributed by atoms with Crippen LogP contribution < -0.4 is 5.32 Å². The van der Waals surface area contributed by atoms with Crippen LogP contribution in [0.2, 0.25) is 5.02 Å². The Bertz CT molecular complexity index is 1670. The lowest BCUT2D eigenvalue weighted by atomic mass is 9.94. The average molecular weight is 619 g/mol. The van der Waals surface area contributed by atoms with E-state index >= 15 is 4.39 Å². The van der Waals surface area contributed by atoms with Gasteiger partial charge in [-0.15, -0.1) is 5.10 Å². The first-order valence-electron chi connectivity index (χ1n) is 13.0. The molecule has 1 fully saturated rings. The van der Waals surface area contributed by atoms with E-state index in [1.165, 1.54) is 30.7 Å². The number of aromatic nitrogens is 8. The van der Waals surface area contributed by atoms with Crippen molar-refractivity contribution in [3.63, 3.8) is 0 Å². The molecule has 4 aromatic rings. The summed E-state index contributed by atoms with van der Waals surface area (Å²) in [5.74, 6) is -0.345. The second-order valence-electron chi connectivity index (χ2n) is 9.88. The van der Waals surface area contributed by atoms with Crippen molar-refractivity contribution < 1.29 is 22.3 Å². The van der Waals surface area contributed by atoms with Crippen LogP contribution in [0, 0.1) is 17.6 Å². The zero-order valence-corrected chi connectivity index (χ0v) is 23.1. The Morgan fingerprint density at radius 3 is 2.74 bits per heavy atom. The number of nitrogens with one attached hydrogen (secondary N) is 1. The number of rotatable bonds is 7. The number of halogens is 5. The summed E-state index contributed by atoms with van der Waals surface area (Å²) >= 11 is 6.04. The molecule has 1 radical (unpaired) electrons. The SMILES string of the molecule is Cn1ncnc1-c1cnn(C(CC2CN[CH]CO2)C2C=CC(c3c(-n4cc(C(F)(F)F)nn4)ccc(Cl)c3F)=CN2[O-])c1. The predicted octanol–water partition coefficient (Wildman–Crippen LogP) is 3.93. The van der Waals surface area contributed by atoms with Crippen molar-refractivity contribution in [3.05, 3.63) is 89.3 Å². The molecule has 2 aliphatic rings. The molecule has 2 aliphatic heterocycles. The molecule has 0 amide bonds. The van der Waals surface area contributed by atoms with Crippen LogP contribution in [0.25, 0.3) is 22.6 Å². The summed E-state index contributed by atoms with van der Waals surface area (Å²) in [5.41, 5.74) is -0.785. The van der Waals surface area contributed by atoms with Gasteiger partial charge in [0.05, 0.1) is 53.5 Å². The van der Waals surface area contributed by atoms with Crippen molar-refractivity contribution in [3.8, 4) is 17.1 Å². The van der Waals surface area contributed by atoms with Gasteiger partial charge in [0.2, 0.25) is 0 Å². The maximum atomic E-state index is 15.4. The third-order valence-corrected chi connectivity index (χ3v) is 7.43. The molecule has 1 aromatic carbocycles. The fourth-order valence-electron chi connectivity index (χ4n) is 5.05. The smallest absolute Gasteiger partial charge is 0.436 e. The van der Waals surface area contributed by atoms with E-state index in [0.29, 0.717) is 42.2 Å². The van der Waals surface area contributed by atoms with Gasteiger partial charge in [0.15, 0.2) is 17.3 Å². The van der Waals surface area contributed by atoms with E-state index in [9.17, 15) is 18.4 Å². The predicted molar refractivity (Wildman–Crippen MR) is 145 cm³/mol. The molecular formula is C26H23ClF4N10O2-. The molecule has 0 aliphatic carbocycles. The molecule has 6 rings (SSSR count). The van der Waals surface area contributed by atoms with Crippen molar-refractivity contribution in [1.82, 2.24) is 49.9 Å². The maximum Gasteiger partial charge on any atom is 0.436 e. The Labute approximate surface area is 246 Å². The van der Waals surface area contributed by atoms with Crippen molar-refractivity contribution >= 4 is 17.2 Å². The van der Waals surface area contributed by atoms with Gasteiger partial charge >= 0.3 is 6.18 Å². The molecule has 3 aromatic heterocycles. The van der Waals surface area contributed by atoms with E-state index in [4.69, 9.17) is 16.3 Å². The van der Waals surface area contributed by atoms with Crippen LogP contribution in [-0.4, -0.2) is 69.9 Å². The summed E-state index contributed by atoms with van der Waals surface area (Å²) in [6.07, 6.45) is 5.11. The van der Waals surface area contributed by atoms with E-state index < -0.39 is 29.8 Å². The first kappa shape index (κ1) is 29.0. The summed E-state index contributed by atoms with van der Waals surface area (Å²) in [5, 5.41) is 32.4. The van der Waals surface area contributed by atoms with Gasteiger partial charge in [-0.05, 0) is 24.8 Å². The molecule has 43 heavy (non-hydrogen) atoms. The van der Waals surface area contributed by atoms with Crippen LogP contribution in [0.1, 0.15) is 23.7 Å². The summed E-state index contributed by atoms with van der Waals surface area (Å²) < 4.78 is 64.9. The zero-order valence-electron chi connectivity index (χ0n) is 22.4. The highest BCUT2D eigenvalue weighted by Gasteiger charge is 2.35. The normalized spacial score (nSPS) is 20.0. The Morgan fingerprint density at radius 2 is 2.07 bits per heavy atom. The summed E-state index contributed by atoms with van der Waals surface area (Å²) in [4.78, 5) is 4.25. The minimum Gasteiger partial charge on any atom is -0.758 e. The van der Waals surface area contributed by atoms with Gasteiger partial charge in [-0.2, -0.15) is 23.4 Å². The van der Waals surface area contributed by atoms with Crippen molar-refractivity contribution in [2.75, 3.05) is 13.2 Å². The van der Waals surface area contributed by atoms with Gasteiger partial charge in [-0.1, -0.05) is 29.0 Å². The van der Waals surface area contributed by atoms with Crippen LogP contribution >= 0.6 is 11.6 Å². The first-order valence-corrected chi connectivity index (χ1v) is 13.4. The van der Waals surface area contributed by atoms with Gasteiger partial charge in [-0.3, -0.25) is 4.68 Å². The zero-order chi connectivity index (χ0) is 30.3. The monoisotopic (exact) mass is 618 g/mol. The summed E-state index contributed by atoms with van der Waals surface area (Å²) in [6, 6.07) is 1.15.